The SMILES string of the molecule is CCN1CCC[C@@H](Nc2nnc(-c3c(COC)cc4c(c3O)CCO4)n(C)c2=O)C1.O=CO. The summed E-state index contributed by atoms with van der Waals surface area (Å²) in [6, 6.07) is 2.02. The van der Waals surface area contributed by atoms with Crippen LogP contribution < -0.4 is 15.6 Å². The number of likely N-dealkylation sites (tertiary alicyclic amines) is 1. The molecule has 0 spiro atoms. The zero-order chi connectivity index (χ0) is 24.0. The quantitative estimate of drug-likeness (QED) is 0.538. The molecular weight excluding hydrogens is 430 g/mol. The third kappa shape index (κ3) is 5.25. The van der Waals surface area contributed by atoms with Crippen LogP contribution in [-0.4, -0.2) is 75.7 Å². The molecule has 1 fully saturated rings. The summed E-state index contributed by atoms with van der Waals surface area (Å²) < 4.78 is 12.3. The van der Waals surface area contributed by atoms with Crippen molar-refractivity contribution in [2.75, 3.05) is 38.7 Å². The van der Waals surface area contributed by atoms with Crippen molar-refractivity contribution in [1.82, 2.24) is 19.7 Å². The number of benzene rings is 1. The number of piperidine rings is 1. The molecule has 2 aliphatic heterocycles. The largest absolute Gasteiger partial charge is 0.507 e. The van der Waals surface area contributed by atoms with Gasteiger partial charge in [0.15, 0.2) is 5.82 Å². The smallest absolute Gasteiger partial charge is 0.296 e. The van der Waals surface area contributed by atoms with Gasteiger partial charge in [-0.25, -0.2) is 0 Å². The first-order chi connectivity index (χ1) is 15.9. The minimum atomic E-state index is -0.270. The first-order valence-electron chi connectivity index (χ1n) is 10.9. The van der Waals surface area contributed by atoms with Crippen LogP contribution in [-0.2, 0) is 29.6 Å². The molecule has 2 aromatic rings. The van der Waals surface area contributed by atoms with E-state index in [0.29, 0.717) is 35.7 Å². The Bertz CT molecular complexity index is 1040. The van der Waals surface area contributed by atoms with Gasteiger partial charge >= 0.3 is 0 Å². The minimum Gasteiger partial charge on any atom is -0.507 e. The van der Waals surface area contributed by atoms with E-state index in [-0.39, 0.29) is 36.2 Å². The highest BCUT2D eigenvalue weighted by molar-refractivity contribution is 5.73. The molecule has 11 heteroatoms. The Hall–Kier alpha value is -3.18. The molecule has 2 aliphatic rings. The van der Waals surface area contributed by atoms with Crippen LogP contribution in [0.1, 0.15) is 30.9 Å². The number of rotatable bonds is 6. The number of aromatic nitrogens is 3. The number of fused-ring (bicyclic) bond motifs is 1. The predicted octanol–water partition coefficient (Wildman–Crippen LogP) is 1.23. The predicted molar refractivity (Wildman–Crippen MR) is 122 cm³/mol. The van der Waals surface area contributed by atoms with Crippen LogP contribution in [0.5, 0.6) is 11.5 Å². The van der Waals surface area contributed by atoms with Crippen molar-refractivity contribution in [3.05, 3.63) is 27.5 Å². The number of carbonyl (C=O) groups is 1. The molecule has 3 heterocycles. The van der Waals surface area contributed by atoms with Crippen LogP contribution in [0.15, 0.2) is 10.9 Å². The van der Waals surface area contributed by atoms with Crippen LogP contribution in [0.2, 0.25) is 0 Å². The Kier molecular flexibility index (Phi) is 8.23. The average molecular weight is 462 g/mol. The molecule has 0 unspecified atom stereocenters. The fraction of sp³-hybridized carbons (Fsp3) is 0.545. The molecular formula is C22H31N5O6. The number of nitrogens with zero attached hydrogens (tertiary/aromatic N) is 4. The summed E-state index contributed by atoms with van der Waals surface area (Å²) in [7, 11) is 3.23. The Labute approximate surface area is 192 Å². The second kappa shape index (κ2) is 11.1. The summed E-state index contributed by atoms with van der Waals surface area (Å²) in [4.78, 5) is 23.8. The van der Waals surface area contributed by atoms with Crippen molar-refractivity contribution >= 4 is 12.3 Å². The standard InChI is InChI=1S/C21H29N5O4.CH2O2/c1-4-26-8-5-6-14(11-26)22-19-21(28)25(2)20(24-23-19)17-13(12-29-3)10-16-15(18(17)27)7-9-30-16;2-1-3/h10,14,27H,4-9,11-12H2,1-3H3,(H,22,23);1H,(H,2,3)/t14-;/m1./s1. The fourth-order valence-electron chi connectivity index (χ4n) is 4.31. The van der Waals surface area contributed by atoms with Gasteiger partial charge < -0.3 is 29.9 Å². The van der Waals surface area contributed by atoms with Gasteiger partial charge in [0.2, 0.25) is 5.82 Å². The van der Waals surface area contributed by atoms with Gasteiger partial charge in [0.25, 0.3) is 12.0 Å². The molecule has 3 N–H and O–H groups in total. The Morgan fingerprint density at radius 2 is 2.15 bits per heavy atom. The first-order valence-corrected chi connectivity index (χ1v) is 10.9. The molecule has 1 atom stereocenters. The lowest BCUT2D eigenvalue weighted by Gasteiger charge is -2.32. The average Bonchev–Trinajstić information content (AvgIpc) is 3.28. The van der Waals surface area contributed by atoms with Crippen molar-refractivity contribution in [3.63, 3.8) is 0 Å². The van der Waals surface area contributed by atoms with Crippen molar-refractivity contribution in [2.45, 2.75) is 38.8 Å². The number of phenols is 1. The van der Waals surface area contributed by atoms with E-state index in [2.05, 4.69) is 27.3 Å². The summed E-state index contributed by atoms with van der Waals surface area (Å²) in [5.74, 6) is 1.27. The van der Waals surface area contributed by atoms with Gasteiger partial charge in [0.1, 0.15) is 11.5 Å². The molecule has 4 rings (SSSR count). The second-order valence-corrected chi connectivity index (χ2v) is 7.99. The summed E-state index contributed by atoms with van der Waals surface area (Å²) in [5.41, 5.74) is 1.62. The first kappa shape index (κ1) is 24.5. The number of hydrogen-bond acceptors (Lipinski definition) is 9. The third-order valence-electron chi connectivity index (χ3n) is 5.94. The van der Waals surface area contributed by atoms with Gasteiger partial charge in [-0.1, -0.05) is 6.92 Å². The van der Waals surface area contributed by atoms with Gasteiger partial charge in [0, 0.05) is 38.7 Å². The molecule has 1 aromatic carbocycles. The number of hydrogen-bond donors (Lipinski definition) is 3. The molecule has 0 amide bonds. The van der Waals surface area contributed by atoms with Crippen molar-refractivity contribution in [1.29, 1.82) is 0 Å². The van der Waals surface area contributed by atoms with E-state index in [0.717, 1.165) is 38.0 Å². The number of ether oxygens (including phenoxy) is 2. The van der Waals surface area contributed by atoms with Gasteiger partial charge in [-0.3, -0.25) is 14.2 Å². The minimum absolute atomic E-state index is 0.0768. The van der Waals surface area contributed by atoms with Gasteiger partial charge in [-0.15, -0.1) is 10.2 Å². The molecule has 1 saturated heterocycles. The normalized spacial score (nSPS) is 17.5. The zero-order valence-electron chi connectivity index (χ0n) is 19.2. The molecule has 180 valence electrons. The maximum absolute atomic E-state index is 13.0. The topological polar surface area (TPSA) is 139 Å². The third-order valence-corrected chi connectivity index (χ3v) is 5.94. The molecule has 0 radical (unpaired) electrons. The van der Waals surface area contributed by atoms with E-state index < -0.39 is 0 Å². The Morgan fingerprint density at radius 1 is 1.39 bits per heavy atom. The van der Waals surface area contributed by atoms with Crippen molar-refractivity contribution < 1.29 is 24.5 Å². The van der Waals surface area contributed by atoms with Crippen LogP contribution >= 0.6 is 0 Å². The number of nitrogens with one attached hydrogen (secondary N) is 1. The number of carboxylic acid groups (broad SMARTS) is 1. The lowest BCUT2D eigenvalue weighted by Crippen LogP contribution is -2.43. The van der Waals surface area contributed by atoms with Crippen LogP contribution in [0, 0.1) is 0 Å². The number of aromatic hydroxyl groups is 1. The molecule has 1 aromatic heterocycles. The molecule has 0 bridgehead atoms. The van der Waals surface area contributed by atoms with Crippen molar-refractivity contribution in [2.24, 2.45) is 7.05 Å². The van der Waals surface area contributed by atoms with E-state index in [1.165, 1.54) is 4.57 Å². The summed E-state index contributed by atoms with van der Waals surface area (Å²) >= 11 is 0. The van der Waals surface area contributed by atoms with Crippen LogP contribution in [0.25, 0.3) is 11.4 Å². The van der Waals surface area contributed by atoms with Gasteiger partial charge in [-0.05, 0) is 37.6 Å². The highest BCUT2D eigenvalue weighted by Gasteiger charge is 2.27. The number of phenolic OH excluding ortho intramolecular Hbond substituents is 1. The summed E-state index contributed by atoms with van der Waals surface area (Å²) in [6.45, 7) is 5.62. The van der Waals surface area contributed by atoms with E-state index in [4.69, 9.17) is 19.4 Å². The fourth-order valence-corrected chi connectivity index (χ4v) is 4.31. The highest BCUT2D eigenvalue weighted by atomic mass is 16.5. The van der Waals surface area contributed by atoms with Crippen LogP contribution in [0.4, 0.5) is 5.82 Å². The van der Waals surface area contributed by atoms with E-state index in [1.807, 2.05) is 6.07 Å². The van der Waals surface area contributed by atoms with Gasteiger partial charge in [0.05, 0.1) is 18.8 Å². The van der Waals surface area contributed by atoms with Crippen LogP contribution in [0.3, 0.4) is 0 Å². The molecule has 11 nitrogen and oxygen atoms in total. The summed E-state index contributed by atoms with van der Waals surface area (Å²) in [6.07, 6.45) is 2.69. The molecule has 0 saturated carbocycles. The second-order valence-electron chi connectivity index (χ2n) is 7.99. The maximum Gasteiger partial charge on any atom is 0.296 e. The van der Waals surface area contributed by atoms with Crippen molar-refractivity contribution in [3.8, 4) is 22.9 Å². The monoisotopic (exact) mass is 461 g/mol. The molecule has 33 heavy (non-hydrogen) atoms. The van der Waals surface area contributed by atoms with E-state index in [9.17, 15) is 9.90 Å². The lowest BCUT2D eigenvalue weighted by molar-refractivity contribution is -0.122. The van der Waals surface area contributed by atoms with E-state index >= 15 is 0 Å². The highest BCUT2D eigenvalue weighted by Crippen LogP contribution is 2.42. The molecule has 0 aliphatic carbocycles. The number of methoxy groups -OCH3 is 1. The maximum atomic E-state index is 13.0. The lowest BCUT2D eigenvalue weighted by atomic mass is 10.00. The summed E-state index contributed by atoms with van der Waals surface area (Å²) in [5, 5.41) is 29.6. The van der Waals surface area contributed by atoms with Gasteiger partial charge in [-0.2, -0.15) is 0 Å². The van der Waals surface area contributed by atoms with E-state index in [1.54, 1.807) is 14.2 Å². The number of anilines is 1. The number of likely N-dealkylation sites (N-methyl/N-ethyl adjacent to an activating group) is 1. The Balaban J connectivity index is 0.000000968. The zero-order valence-corrected chi connectivity index (χ0v) is 19.2. The Morgan fingerprint density at radius 3 is 2.85 bits per heavy atom.